The summed E-state index contributed by atoms with van der Waals surface area (Å²) in [6.07, 6.45) is 1.42. The molecule has 0 spiro atoms. The van der Waals surface area contributed by atoms with Gasteiger partial charge in [-0.05, 0) is 25.3 Å². The van der Waals surface area contributed by atoms with Gasteiger partial charge in [0.1, 0.15) is 5.72 Å². The lowest BCUT2D eigenvalue weighted by Crippen LogP contribution is -2.35. The molecule has 1 aromatic carbocycles. The van der Waals surface area contributed by atoms with E-state index in [0.29, 0.717) is 6.42 Å². The molecule has 0 fully saturated rings. The molecule has 12 heavy (non-hydrogen) atoms. The maximum Gasteiger partial charge on any atom is 0.111 e. The Hall–Kier alpha value is -0.860. The van der Waals surface area contributed by atoms with Gasteiger partial charge < -0.3 is 10.8 Å². The average Bonchev–Trinajstić information content (AvgIpc) is 2.02. The van der Waals surface area contributed by atoms with E-state index in [2.05, 4.69) is 0 Å². The zero-order valence-corrected chi connectivity index (χ0v) is 7.33. The fourth-order valence-corrected chi connectivity index (χ4v) is 1.04. The van der Waals surface area contributed by atoms with E-state index in [0.717, 1.165) is 6.42 Å². The van der Waals surface area contributed by atoms with Gasteiger partial charge >= 0.3 is 0 Å². The summed E-state index contributed by atoms with van der Waals surface area (Å²) in [6.45, 7) is 1.62. The van der Waals surface area contributed by atoms with Crippen LogP contribution in [0.4, 0.5) is 0 Å². The SMILES string of the molecule is C[C@](N)(O)CCc1ccccc1. The standard InChI is InChI=1S/C10H15NO/c1-10(11,12)8-7-9-5-3-2-4-6-9/h2-6,12H,7-8,11H2,1H3/t10-/m0/s1. The Balaban J connectivity index is 2.44. The number of benzene rings is 1. The zero-order chi connectivity index (χ0) is 9.03. The van der Waals surface area contributed by atoms with Crippen LogP contribution in [0.25, 0.3) is 0 Å². The van der Waals surface area contributed by atoms with E-state index >= 15 is 0 Å². The molecule has 0 unspecified atom stereocenters. The van der Waals surface area contributed by atoms with Crippen LogP contribution in [0.2, 0.25) is 0 Å². The third-order valence-electron chi connectivity index (χ3n) is 1.76. The smallest absolute Gasteiger partial charge is 0.111 e. The predicted molar refractivity (Wildman–Crippen MR) is 49.6 cm³/mol. The Kier molecular flexibility index (Phi) is 2.84. The fraction of sp³-hybridized carbons (Fsp3) is 0.400. The van der Waals surface area contributed by atoms with Gasteiger partial charge in [-0.3, -0.25) is 0 Å². The monoisotopic (exact) mass is 165 g/mol. The van der Waals surface area contributed by atoms with Crippen LogP contribution < -0.4 is 5.73 Å². The predicted octanol–water partition coefficient (Wildman–Crippen LogP) is 1.29. The molecule has 0 aliphatic heterocycles. The van der Waals surface area contributed by atoms with E-state index in [1.54, 1.807) is 6.92 Å². The van der Waals surface area contributed by atoms with E-state index in [1.807, 2.05) is 30.3 Å². The average molecular weight is 165 g/mol. The molecule has 1 rings (SSSR count). The summed E-state index contributed by atoms with van der Waals surface area (Å²) < 4.78 is 0. The molecule has 0 saturated heterocycles. The summed E-state index contributed by atoms with van der Waals surface area (Å²) in [5, 5.41) is 9.26. The third-order valence-corrected chi connectivity index (χ3v) is 1.76. The van der Waals surface area contributed by atoms with Crippen LogP contribution in [0.1, 0.15) is 18.9 Å². The number of hydrogen-bond donors (Lipinski definition) is 2. The molecule has 0 aliphatic rings. The molecule has 2 nitrogen and oxygen atoms in total. The van der Waals surface area contributed by atoms with Gasteiger partial charge in [0.15, 0.2) is 0 Å². The quantitative estimate of drug-likeness (QED) is 0.663. The molecular formula is C10H15NO. The van der Waals surface area contributed by atoms with E-state index in [4.69, 9.17) is 5.73 Å². The van der Waals surface area contributed by atoms with Gasteiger partial charge in [-0.1, -0.05) is 30.3 Å². The fourth-order valence-electron chi connectivity index (χ4n) is 1.04. The molecule has 0 heterocycles. The van der Waals surface area contributed by atoms with Crippen molar-refractivity contribution in [2.75, 3.05) is 0 Å². The number of rotatable bonds is 3. The van der Waals surface area contributed by atoms with Crippen LogP contribution >= 0.6 is 0 Å². The molecule has 0 bridgehead atoms. The van der Waals surface area contributed by atoms with Gasteiger partial charge in [0.25, 0.3) is 0 Å². The van der Waals surface area contributed by atoms with Crippen molar-refractivity contribution in [2.24, 2.45) is 5.73 Å². The molecule has 0 aliphatic carbocycles. The molecule has 3 N–H and O–H groups in total. The number of nitrogens with two attached hydrogens (primary N) is 1. The van der Waals surface area contributed by atoms with Crippen molar-refractivity contribution < 1.29 is 5.11 Å². The minimum Gasteiger partial charge on any atom is -0.376 e. The van der Waals surface area contributed by atoms with Gasteiger partial charge in [0.2, 0.25) is 0 Å². The lowest BCUT2D eigenvalue weighted by Gasteiger charge is -2.16. The zero-order valence-electron chi connectivity index (χ0n) is 7.33. The summed E-state index contributed by atoms with van der Waals surface area (Å²) in [5.41, 5.74) is 5.60. The first-order chi connectivity index (χ1) is 5.58. The highest BCUT2D eigenvalue weighted by atomic mass is 16.3. The van der Waals surface area contributed by atoms with Crippen molar-refractivity contribution in [2.45, 2.75) is 25.5 Å². The van der Waals surface area contributed by atoms with Crippen molar-refractivity contribution in [3.8, 4) is 0 Å². The highest BCUT2D eigenvalue weighted by Gasteiger charge is 2.11. The number of aryl methyl sites for hydroxylation is 1. The highest BCUT2D eigenvalue weighted by molar-refractivity contribution is 5.14. The van der Waals surface area contributed by atoms with Gasteiger partial charge in [-0.15, -0.1) is 0 Å². The molecule has 1 atom stereocenters. The molecule has 1 aromatic rings. The maximum atomic E-state index is 9.26. The Bertz CT molecular complexity index is 225. The molecule has 66 valence electrons. The maximum absolute atomic E-state index is 9.26. The first-order valence-corrected chi connectivity index (χ1v) is 4.13. The van der Waals surface area contributed by atoms with Gasteiger partial charge in [-0.25, -0.2) is 0 Å². The van der Waals surface area contributed by atoms with E-state index in [1.165, 1.54) is 5.56 Å². The van der Waals surface area contributed by atoms with Crippen LogP contribution in [-0.4, -0.2) is 10.8 Å². The Morgan fingerprint density at radius 2 is 1.92 bits per heavy atom. The molecule has 2 heteroatoms. The van der Waals surface area contributed by atoms with Gasteiger partial charge in [0, 0.05) is 0 Å². The van der Waals surface area contributed by atoms with Crippen molar-refractivity contribution in [1.82, 2.24) is 0 Å². The van der Waals surface area contributed by atoms with E-state index in [9.17, 15) is 5.11 Å². The van der Waals surface area contributed by atoms with Crippen molar-refractivity contribution >= 4 is 0 Å². The second-order valence-electron chi connectivity index (χ2n) is 3.34. The topological polar surface area (TPSA) is 46.2 Å². The summed E-state index contributed by atoms with van der Waals surface area (Å²) >= 11 is 0. The second-order valence-corrected chi connectivity index (χ2v) is 3.34. The van der Waals surface area contributed by atoms with Gasteiger partial charge in [0.05, 0.1) is 0 Å². The molecule has 0 amide bonds. The van der Waals surface area contributed by atoms with E-state index < -0.39 is 5.72 Å². The molecule has 0 radical (unpaired) electrons. The van der Waals surface area contributed by atoms with Crippen LogP contribution in [0.5, 0.6) is 0 Å². The first-order valence-electron chi connectivity index (χ1n) is 4.13. The van der Waals surface area contributed by atoms with Gasteiger partial charge in [-0.2, -0.15) is 0 Å². The highest BCUT2D eigenvalue weighted by Crippen LogP contribution is 2.08. The summed E-state index contributed by atoms with van der Waals surface area (Å²) in [4.78, 5) is 0. The lowest BCUT2D eigenvalue weighted by molar-refractivity contribution is 0.0583. The third kappa shape index (κ3) is 3.51. The number of hydrogen-bond acceptors (Lipinski definition) is 2. The normalized spacial score (nSPS) is 15.6. The summed E-state index contributed by atoms with van der Waals surface area (Å²) in [5.74, 6) is 0. The Labute approximate surface area is 73.0 Å². The Morgan fingerprint density at radius 3 is 2.42 bits per heavy atom. The van der Waals surface area contributed by atoms with Crippen LogP contribution in [-0.2, 0) is 6.42 Å². The van der Waals surface area contributed by atoms with Crippen molar-refractivity contribution in [3.05, 3.63) is 35.9 Å². The molecule has 0 saturated carbocycles. The van der Waals surface area contributed by atoms with E-state index in [-0.39, 0.29) is 0 Å². The van der Waals surface area contributed by atoms with Crippen molar-refractivity contribution in [3.63, 3.8) is 0 Å². The second kappa shape index (κ2) is 3.70. The Morgan fingerprint density at radius 1 is 1.33 bits per heavy atom. The molecular weight excluding hydrogens is 150 g/mol. The minimum atomic E-state index is -1.05. The first kappa shape index (κ1) is 9.23. The lowest BCUT2D eigenvalue weighted by atomic mass is 10.0. The van der Waals surface area contributed by atoms with Crippen LogP contribution in [0.15, 0.2) is 30.3 Å². The minimum absolute atomic E-state index is 0.594. The summed E-state index contributed by atoms with van der Waals surface area (Å²) in [6, 6.07) is 10.0. The largest absolute Gasteiger partial charge is 0.376 e. The van der Waals surface area contributed by atoms with Crippen molar-refractivity contribution in [1.29, 1.82) is 0 Å². The summed E-state index contributed by atoms with van der Waals surface area (Å²) in [7, 11) is 0. The van der Waals surface area contributed by atoms with Crippen LogP contribution in [0, 0.1) is 0 Å². The number of aliphatic hydroxyl groups is 1. The van der Waals surface area contributed by atoms with Crippen LogP contribution in [0.3, 0.4) is 0 Å². The molecule has 0 aromatic heterocycles.